The molecule has 0 bridgehead atoms. The summed E-state index contributed by atoms with van der Waals surface area (Å²) < 4.78 is 13.6. The van der Waals surface area contributed by atoms with E-state index < -0.39 is 0 Å². The molecule has 1 heterocycles. The van der Waals surface area contributed by atoms with Crippen molar-refractivity contribution in [3.63, 3.8) is 0 Å². The molecule has 0 aliphatic rings. The van der Waals surface area contributed by atoms with Crippen LogP contribution in [0.15, 0.2) is 97.2 Å². The first-order chi connectivity index (χ1) is 16.1. The minimum atomic E-state index is 0.102. The van der Waals surface area contributed by atoms with Crippen molar-refractivity contribution in [1.82, 2.24) is 9.47 Å². The molecule has 0 aliphatic heterocycles. The van der Waals surface area contributed by atoms with Crippen LogP contribution in [-0.4, -0.2) is 43.8 Å². The van der Waals surface area contributed by atoms with Crippen LogP contribution in [0.1, 0.15) is 28.3 Å². The zero-order chi connectivity index (χ0) is 23.0. The van der Waals surface area contributed by atoms with Crippen LogP contribution < -0.4 is 9.47 Å². The maximum absolute atomic E-state index is 5.92. The lowest BCUT2D eigenvalue weighted by Crippen LogP contribution is -2.19. The van der Waals surface area contributed by atoms with Gasteiger partial charge in [-0.05, 0) is 67.2 Å². The van der Waals surface area contributed by atoms with Gasteiger partial charge in [-0.1, -0.05) is 54.6 Å². The molecule has 4 aromatic rings. The highest BCUT2D eigenvalue weighted by Crippen LogP contribution is 2.34. The molecule has 1 atom stereocenters. The van der Waals surface area contributed by atoms with Crippen molar-refractivity contribution in [3.05, 3.63) is 120 Å². The maximum Gasteiger partial charge on any atom is 0.119 e. The Morgan fingerprint density at radius 1 is 0.758 bits per heavy atom. The number of likely N-dealkylation sites (N-methyl/N-ethyl adjacent to an activating group) is 1. The third-order valence-corrected chi connectivity index (χ3v) is 5.83. The highest BCUT2D eigenvalue weighted by Gasteiger charge is 2.20. The molecule has 4 heteroatoms. The van der Waals surface area contributed by atoms with Gasteiger partial charge in [0.15, 0.2) is 0 Å². The Morgan fingerprint density at radius 2 is 1.39 bits per heavy atom. The third-order valence-electron chi connectivity index (χ3n) is 5.83. The van der Waals surface area contributed by atoms with Crippen molar-refractivity contribution in [1.29, 1.82) is 0 Å². The van der Waals surface area contributed by atoms with Crippen LogP contribution in [0.25, 0.3) is 0 Å². The Bertz CT molecular complexity index is 1120. The SMILES string of the molecule is COc1ccc(C(c2ccc(OCCN(C)C)cc2)c2cccn2Cc2ccccc2)cc1. The van der Waals surface area contributed by atoms with Crippen molar-refractivity contribution in [3.8, 4) is 11.5 Å². The lowest BCUT2D eigenvalue weighted by atomic mass is 9.88. The molecule has 0 spiro atoms. The molecular formula is C29H32N2O2. The average Bonchev–Trinajstić information content (AvgIpc) is 3.28. The van der Waals surface area contributed by atoms with Gasteiger partial charge in [0.05, 0.1) is 7.11 Å². The summed E-state index contributed by atoms with van der Waals surface area (Å²) in [6, 6.07) is 31.8. The van der Waals surface area contributed by atoms with E-state index in [4.69, 9.17) is 9.47 Å². The fourth-order valence-corrected chi connectivity index (χ4v) is 4.05. The maximum atomic E-state index is 5.92. The fourth-order valence-electron chi connectivity index (χ4n) is 4.05. The van der Waals surface area contributed by atoms with Gasteiger partial charge in [0.25, 0.3) is 0 Å². The molecule has 1 unspecified atom stereocenters. The van der Waals surface area contributed by atoms with Crippen LogP contribution >= 0.6 is 0 Å². The number of ether oxygens (including phenoxy) is 2. The van der Waals surface area contributed by atoms with Crippen LogP contribution in [-0.2, 0) is 6.54 Å². The summed E-state index contributed by atoms with van der Waals surface area (Å²) in [6.07, 6.45) is 2.16. The summed E-state index contributed by atoms with van der Waals surface area (Å²) in [5.41, 5.74) is 5.00. The van der Waals surface area contributed by atoms with Crippen molar-refractivity contribution < 1.29 is 9.47 Å². The Kier molecular flexibility index (Phi) is 7.48. The Hall–Kier alpha value is -3.50. The zero-order valence-corrected chi connectivity index (χ0v) is 19.6. The first kappa shape index (κ1) is 22.7. The number of aromatic nitrogens is 1. The van der Waals surface area contributed by atoms with Gasteiger partial charge in [0.1, 0.15) is 18.1 Å². The van der Waals surface area contributed by atoms with E-state index in [0.717, 1.165) is 24.6 Å². The number of hydrogen-bond acceptors (Lipinski definition) is 3. The normalized spacial score (nSPS) is 12.0. The molecule has 0 saturated heterocycles. The summed E-state index contributed by atoms with van der Waals surface area (Å²) in [5, 5.41) is 0. The fraction of sp³-hybridized carbons (Fsp3) is 0.241. The summed E-state index contributed by atoms with van der Waals surface area (Å²) in [6.45, 7) is 2.40. The van der Waals surface area contributed by atoms with E-state index in [2.05, 4.69) is 109 Å². The summed E-state index contributed by atoms with van der Waals surface area (Å²) >= 11 is 0. The lowest BCUT2D eigenvalue weighted by molar-refractivity contribution is 0.261. The number of methoxy groups -OCH3 is 1. The molecule has 3 aromatic carbocycles. The second-order valence-corrected chi connectivity index (χ2v) is 8.47. The third kappa shape index (κ3) is 5.85. The highest BCUT2D eigenvalue weighted by molar-refractivity contribution is 5.44. The Balaban J connectivity index is 1.66. The van der Waals surface area contributed by atoms with Crippen molar-refractivity contribution in [2.75, 3.05) is 34.4 Å². The van der Waals surface area contributed by atoms with Gasteiger partial charge < -0.3 is 18.9 Å². The quantitative estimate of drug-likeness (QED) is 0.318. The lowest BCUT2D eigenvalue weighted by Gasteiger charge is -2.22. The van der Waals surface area contributed by atoms with Crippen molar-refractivity contribution in [2.45, 2.75) is 12.5 Å². The number of hydrogen-bond donors (Lipinski definition) is 0. The predicted molar refractivity (Wildman–Crippen MR) is 134 cm³/mol. The Labute approximate surface area is 197 Å². The van der Waals surface area contributed by atoms with Crippen molar-refractivity contribution in [2.24, 2.45) is 0 Å². The summed E-state index contributed by atoms with van der Waals surface area (Å²) in [4.78, 5) is 2.12. The molecule has 170 valence electrons. The second kappa shape index (κ2) is 10.9. The molecule has 4 nitrogen and oxygen atoms in total. The monoisotopic (exact) mass is 440 g/mol. The molecule has 1 aromatic heterocycles. The van der Waals surface area contributed by atoms with E-state index in [1.54, 1.807) is 7.11 Å². The molecule has 0 amide bonds. The number of benzene rings is 3. The van der Waals surface area contributed by atoms with Gasteiger partial charge in [-0.25, -0.2) is 0 Å². The van der Waals surface area contributed by atoms with Gasteiger partial charge in [-0.15, -0.1) is 0 Å². The zero-order valence-electron chi connectivity index (χ0n) is 19.6. The topological polar surface area (TPSA) is 26.6 Å². The van der Waals surface area contributed by atoms with E-state index in [-0.39, 0.29) is 5.92 Å². The number of nitrogens with zero attached hydrogens (tertiary/aromatic N) is 2. The largest absolute Gasteiger partial charge is 0.497 e. The molecule has 33 heavy (non-hydrogen) atoms. The molecule has 0 radical (unpaired) electrons. The standard InChI is InChI=1S/C29H32N2O2/c1-30(2)20-21-33-27-17-13-25(14-18-27)29(24-11-15-26(32-3)16-12-24)28-10-7-19-31(28)22-23-8-5-4-6-9-23/h4-19,29H,20-22H2,1-3H3. The first-order valence-corrected chi connectivity index (χ1v) is 11.3. The van der Waals surface area contributed by atoms with Gasteiger partial charge in [-0.2, -0.15) is 0 Å². The highest BCUT2D eigenvalue weighted by atomic mass is 16.5. The molecule has 4 rings (SSSR count). The number of rotatable bonds is 10. The van der Waals surface area contributed by atoms with Crippen molar-refractivity contribution >= 4 is 0 Å². The van der Waals surface area contributed by atoms with Crippen LogP contribution in [0.3, 0.4) is 0 Å². The van der Waals surface area contributed by atoms with Crippen LogP contribution in [0, 0.1) is 0 Å². The molecule has 0 N–H and O–H groups in total. The molecule has 0 aliphatic carbocycles. The van der Waals surface area contributed by atoms with Crippen LogP contribution in [0.4, 0.5) is 0 Å². The van der Waals surface area contributed by atoms with E-state index in [9.17, 15) is 0 Å². The van der Waals surface area contributed by atoms with E-state index in [0.29, 0.717) is 6.61 Å². The predicted octanol–water partition coefficient (Wildman–Crippen LogP) is 5.67. The molecule has 0 fully saturated rings. The van der Waals surface area contributed by atoms with E-state index >= 15 is 0 Å². The minimum absolute atomic E-state index is 0.102. The summed E-state index contributed by atoms with van der Waals surface area (Å²) in [7, 11) is 5.81. The Morgan fingerprint density at radius 3 is 2.00 bits per heavy atom. The second-order valence-electron chi connectivity index (χ2n) is 8.47. The van der Waals surface area contributed by atoms with E-state index in [1.807, 2.05) is 12.1 Å². The smallest absolute Gasteiger partial charge is 0.119 e. The van der Waals surface area contributed by atoms with Gasteiger partial charge >= 0.3 is 0 Å². The van der Waals surface area contributed by atoms with Gasteiger partial charge in [0, 0.05) is 30.9 Å². The van der Waals surface area contributed by atoms with Crippen LogP contribution in [0.5, 0.6) is 11.5 Å². The molecule has 0 saturated carbocycles. The minimum Gasteiger partial charge on any atom is -0.497 e. The van der Waals surface area contributed by atoms with Gasteiger partial charge in [0.2, 0.25) is 0 Å². The van der Waals surface area contributed by atoms with E-state index in [1.165, 1.54) is 22.4 Å². The first-order valence-electron chi connectivity index (χ1n) is 11.3. The molecular weight excluding hydrogens is 408 g/mol. The van der Waals surface area contributed by atoms with Crippen LogP contribution in [0.2, 0.25) is 0 Å². The average molecular weight is 441 g/mol. The van der Waals surface area contributed by atoms with Gasteiger partial charge in [-0.3, -0.25) is 0 Å². The summed E-state index contributed by atoms with van der Waals surface area (Å²) in [5.74, 6) is 1.86.